The Balaban J connectivity index is 2.18. The van der Waals surface area contributed by atoms with Gasteiger partial charge < -0.3 is 10.1 Å². The summed E-state index contributed by atoms with van der Waals surface area (Å²) in [6.45, 7) is 6.91. The first kappa shape index (κ1) is 11.6. The molecule has 16 heavy (non-hydrogen) atoms. The number of rotatable bonds is 1. The van der Waals surface area contributed by atoms with Crippen molar-refractivity contribution in [2.75, 3.05) is 13.1 Å². The van der Waals surface area contributed by atoms with Crippen molar-refractivity contribution in [2.45, 2.75) is 39.2 Å². The Morgan fingerprint density at radius 3 is 2.81 bits per heavy atom. The van der Waals surface area contributed by atoms with Crippen LogP contribution in [-0.2, 0) is 14.3 Å². The second-order valence-corrected chi connectivity index (χ2v) is 5.91. The molecule has 1 saturated heterocycles. The van der Waals surface area contributed by atoms with Crippen LogP contribution in [0.4, 0.5) is 0 Å². The van der Waals surface area contributed by atoms with Crippen LogP contribution in [0.3, 0.4) is 0 Å². The molecule has 0 bridgehead atoms. The van der Waals surface area contributed by atoms with E-state index < -0.39 is 11.0 Å². The number of hydrogen-bond donors (Lipinski definition) is 1. The second kappa shape index (κ2) is 3.55. The highest BCUT2D eigenvalue weighted by molar-refractivity contribution is 5.92. The van der Waals surface area contributed by atoms with Gasteiger partial charge in [0, 0.05) is 19.4 Å². The highest BCUT2D eigenvalue weighted by Gasteiger charge is 2.56. The molecule has 1 aliphatic heterocycles. The maximum Gasteiger partial charge on any atom is 0.314 e. The number of Topliss-reactive ketones (excluding diaryl/α,β-unsaturated/α-hetero) is 1. The van der Waals surface area contributed by atoms with Crippen LogP contribution >= 0.6 is 0 Å². The minimum atomic E-state index is -0.579. The van der Waals surface area contributed by atoms with E-state index in [1.54, 1.807) is 0 Å². The van der Waals surface area contributed by atoms with Crippen molar-refractivity contribution in [3.8, 4) is 0 Å². The van der Waals surface area contributed by atoms with Gasteiger partial charge in [0.05, 0.1) is 5.41 Å². The number of carbonyl (C=O) groups excluding carboxylic acids is 2. The van der Waals surface area contributed by atoms with Crippen LogP contribution in [0.25, 0.3) is 0 Å². The fraction of sp³-hybridized carbons (Fsp3) is 0.833. The van der Waals surface area contributed by atoms with Gasteiger partial charge in [-0.05, 0) is 33.2 Å². The molecule has 1 heterocycles. The lowest BCUT2D eigenvalue weighted by molar-refractivity contribution is -0.168. The lowest BCUT2D eigenvalue weighted by atomic mass is 9.80. The van der Waals surface area contributed by atoms with Crippen LogP contribution in [0.15, 0.2) is 0 Å². The van der Waals surface area contributed by atoms with E-state index in [0.29, 0.717) is 19.4 Å². The molecule has 0 amide bonds. The van der Waals surface area contributed by atoms with Gasteiger partial charge in [-0.25, -0.2) is 0 Å². The summed E-state index contributed by atoms with van der Waals surface area (Å²) >= 11 is 0. The predicted octanol–water partition coefficient (Wildman–Crippen LogP) is 0.897. The molecule has 1 N–H and O–H groups in total. The van der Waals surface area contributed by atoms with E-state index in [2.05, 4.69) is 5.32 Å². The average Bonchev–Trinajstić information content (AvgIpc) is 2.56. The summed E-state index contributed by atoms with van der Waals surface area (Å²) in [4.78, 5) is 23.7. The van der Waals surface area contributed by atoms with Gasteiger partial charge in [-0.2, -0.15) is 0 Å². The minimum Gasteiger partial charge on any atom is -0.459 e. The molecule has 4 nitrogen and oxygen atoms in total. The molecule has 0 radical (unpaired) electrons. The van der Waals surface area contributed by atoms with E-state index in [0.717, 1.165) is 6.54 Å². The quantitative estimate of drug-likeness (QED) is 0.674. The summed E-state index contributed by atoms with van der Waals surface area (Å²) in [5, 5.41) is 3.20. The summed E-state index contributed by atoms with van der Waals surface area (Å²) in [7, 11) is 0. The van der Waals surface area contributed by atoms with Crippen molar-refractivity contribution < 1.29 is 14.3 Å². The largest absolute Gasteiger partial charge is 0.459 e. The first-order chi connectivity index (χ1) is 7.33. The van der Waals surface area contributed by atoms with Gasteiger partial charge in [0.25, 0.3) is 0 Å². The molecular formula is C12H19NO3. The van der Waals surface area contributed by atoms with Crippen LogP contribution in [-0.4, -0.2) is 30.4 Å². The SMILES string of the molecule is CC(C)(C)OC(=O)C12CNCC1CC(=O)C2. The first-order valence-electron chi connectivity index (χ1n) is 5.79. The fourth-order valence-electron chi connectivity index (χ4n) is 2.67. The lowest BCUT2D eigenvalue weighted by Crippen LogP contribution is -2.41. The fourth-order valence-corrected chi connectivity index (χ4v) is 2.67. The van der Waals surface area contributed by atoms with Crippen molar-refractivity contribution in [2.24, 2.45) is 11.3 Å². The van der Waals surface area contributed by atoms with Crippen LogP contribution in [0.1, 0.15) is 33.6 Å². The molecule has 0 spiro atoms. The highest BCUT2D eigenvalue weighted by atomic mass is 16.6. The zero-order valence-electron chi connectivity index (χ0n) is 10.1. The predicted molar refractivity (Wildman–Crippen MR) is 58.9 cm³/mol. The summed E-state index contributed by atoms with van der Waals surface area (Å²) in [5.74, 6) is 0.119. The third-order valence-corrected chi connectivity index (χ3v) is 3.40. The number of hydrogen-bond acceptors (Lipinski definition) is 4. The van der Waals surface area contributed by atoms with Gasteiger partial charge in [-0.1, -0.05) is 0 Å². The Labute approximate surface area is 95.7 Å². The van der Waals surface area contributed by atoms with Crippen molar-refractivity contribution >= 4 is 11.8 Å². The molecular weight excluding hydrogens is 206 g/mol. The Bertz CT molecular complexity index is 332. The number of ether oxygens (including phenoxy) is 1. The number of esters is 1. The van der Waals surface area contributed by atoms with E-state index in [4.69, 9.17) is 4.74 Å². The van der Waals surface area contributed by atoms with Gasteiger partial charge in [-0.3, -0.25) is 9.59 Å². The molecule has 2 rings (SSSR count). The monoisotopic (exact) mass is 225 g/mol. The smallest absolute Gasteiger partial charge is 0.314 e. The zero-order valence-corrected chi connectivity index (χ0v) is 10.1. The normalized spacial score (nSPS) is 33.9. The number of nitrogens with one attached hydrogen (secondary N) is 1. The Kier molecular flexibility index (Phi) is 2.57. The number of fused-ring (bicyclic) bond motifs is 1. The molecule has 1 saturated carbocycles. The summed E-state index contributed by atoms with van der Waals surface area (Å²) in [5.41, 5.74) is -1.06. The average molecular weight is 225 g/mol. The Morgan fingerprint density at radius 1 is 1.50 bits per heavy atom. The molecule has 2 fully saturated rings. The van der Waals surface area contributed by atoms with Gasteiger partial charge in [0.15, 0.2) is 0 Å². The van der Waals surface area contributed by atoms with Crippen molar-refractivity contribution in [1.29, 1.82) is 0 Å². The number of ketones is 1. The molecule has 2 unspecified atom stereocenters. The molecule has 0 aromatic heterocycles. The van der Waals surface area contributed by atoms with Crippen LogP contribution in [0.2, 0.25) is 0 Å². The maximum atomic E-state index is 12.2. The van der Waals surface area contributed by atoms with Crippen molar-refractivity contribution in [3.63, 3.8) is 0 Å². The van der Waals surface area contributed by atoms with E-state index in [1.807, 2.05) is 20.8 Å². The molecule has 90 valence electrons. The standard InChI is InChI=1S/C12H19NO3/c1-11(2,3)16-10(15)12-5-9(14)4-8(12)6-13-7-12/h8,13H,4-7H2,1-3H3. The van der Waals surface area contributed by atoms with E-state index in [9.17, 15) is 9.59 Å². The molecule has 2 atom stereocenters. The second-order valence-electron chi connectivity index (χ2n) is 5.91. The van der Waals surface area contributed by atoms with Gasteiger partial charge in [0.1, 0.15) is 11.4 Å². The molecule has 2 aliphatic rings. The lowest BCUT2D eigenvalue weighted by Gasteiger charge is -2.30. The topological polar surface area (TPSA) is 55.4 Å². The van der Waals surface area contributed by atoms with E-state index >= 15 is 0 Å². The summed E-state index contributed by atoms with van der Waals surface area (Å²) in [6, 6.07) is 0. The van der Waals surface area contributed by atoms with E-state index in [1.165, 1.54) is 0 Å². The summed E-state index contributed by atoms with van der Waals surface area (Å²) < 4.78 is 5.44. The van der Waals surface area contributed by atoms with Crippen molar-refractivity contribution in [3.05, 3.63) is 0 Å². The van der Waals surface area contributed by atoms with Crippen LogP contribution in [0, 0.1) is 11.3 Å². The van der Waals surface area contributed by atoms with Crippen molar-refractivity contribution in [1.82, 2.24) is 5.32 Å². The Hall–Kier alpha value is -0.900. The maximum absolute atomic E-state index is 12.2. The molecule has 0 aromatic rings. The molecule has 4 heteroatoms. The van der Waals surface area contributed by atoms with Crippen LogP contribution in [0.5, 0.6) is 0 Å². The first-order valence-corrected chi connectivity index (χ1v) is 5.79. The molecule has 1 aliphatic carbocycles. The summed E-state index contributed by atoms with van der Waals surface area (Å²) in [6.07, 6.45) is 0.867. The van der Waals surface area contributed by atoms with Crippen LogP contribution < -0.4 is 5.32 Å². The van der Waals surface area contributed by atoms with E-state index in [-0.39, 0.29) is 17.7 Å². The zero-order chi connectivity index (χ0) is 12.0. The highest BCUT2D eigenvalue weighted by Crippen LogP contribution is 2.45. The molecule has 0 aromatic carbocycles. The third kappa shape index (κ3) is 1.86. The Morgan fingerprint density at radius 2 is 2.19 bits per heavy atom. The minimum absolute atomic E-state index is 0.134. The number of carbonyl (C=O) groups is 2. The van der Waals surface area contributed by atoms with Gasteiger partial charge >= 0.3 is 5.97 Å². The van der Waals surface area contributed by atoms with Gasteiger partial charge in [0.2, 0.25) is 0 Å². The van der Waals surface area contributed by atoms with Gasteiger partial charge in [-0.15, -0.1) is 0 Å². The third-order valence-electron chi connectivity index (χ3n) is 3.40.